The number of ether oxygens (including phenoxy) is 1. The van der Waals surface area contributed by atoms with E-state index in [0.717, 1.165) is 49.3 Å². The number of piperidine rings is 1. The first-order valence-electron chi connectivity index (χ1n) is 7.39. The van der Waals surface area contributed by atoms with Crippen LogP contribution in [0.3, 0.4) is 0 Å². The van der Waals surface area contributed by atoms with E-state index < -0.39 is 0 Å². The lowest BCUT2D eigenvalue weighted by atomic mass is 10.1. The Balaban J connectivity index is 2.05. The summed E-state index contributed by atoms with van der Waals surface area (Å²) in [6.45, 7) is 2.21. The fraction of sp³-hybridized carbons (Fsp3) is 0.600. The zero-order valence-electron chi connectivity index (χ0n) is 12.5. The van der Waals surface area contributed by atoms with Crippen molar-refractivity contribution in [3.63, 3.8) is 0 Å². The van der Waals surface area contributed by atoms with E-state index in [-0.39, 0.29) is 0 Å². The van der Waals surface area contributed by atoms with Crippen molar-refractivity contribution in [1.29, 1.82) is 0 Å². The number of rotatable bonds is 4. The van der Waals surface area contributed by atoms with Crippen LogP contribution in [0.5, 0.6) is 5.88 Å². The lowest BCUT2D eigenvalue weighted by molar-refractivity contribution is 0.221. The van der Waals surface area contributed by atoms with E-state index in [1.54, 1.807) is 7.11 Å². The van der Waals surface area contributed by atoms with Gasteiger partial charge < -0.3 is 14.2 Å². The summed E-state index contributed by atoms with van der Waals surface area (Å²) in [6.07, 6.45) is 3.01. The van der Waals surface area contributed by atoms with Gasteiger partial charge in [-0.05, 0) is 39.0 Å². The number of imidazole rings is 1. The topological polar surface area (TPSA) is 43.2 Å². The van der Waals surface area contributed by atoms with Gasteiger partial charge in [-0.2, -0.15) is 4.98 Å². The van der Waals surface area contributed by atoms with Crippen LogP contribution in [0.15, 0.2) is 12.1 Å². The third-order valence-electron chi connectivity index (χ3n) is 4.17. The number of pyridine rings is 1. The van der Waals surface area contributed by atoms with Crippen molar-refractivity contribution in [3.8, 4) is 5.88 Å². The second kappa shape index (κ2) is 6.20. The molecule has 1 saturated heterocycles. The summed E-state index contributed by atoms with van der Waals surface area (Å²) in [5.41, 5.74) is 1.85. The molecule has 0 aliphatic carbocycles. The van der Waals surface area contributed by atoms with Crippen LogP contribution < -0.4 is 4.74 Å². The molecule has 0 N–H and O–H groups in total. The van der Waals surface area contributed by atoms with Gasteiger partial charge >= 0.3 is 0 Å². The van der Waals surface area contributed by atoms with Crippen molar-refractivity contribution in [2.45, 2.75) is 25.3 Å². The summed E-state index contributed by atoms with van der Waals surface area (Å²) in [7, 11) is 3.81. The van der Waals surface area contributed by atoms with Gasteiger partial charge in [0.05, 0.1) is 7.11 Å². The summed E-state index contributed by atoms with van der Waals surface area (Å²) < 4.78 is 7.55. The minimum absolute atomic E-state index is 0.448. The van der Waals surface area contributed by atoms with Crippen molar-refractivity contribution in [3.05, 3.63) is 18.0 Å². The van der Waals surface area contributed by atoms with Crippen LogP contribution >= 0.6 is 11.6 Å². The van der Waals surface area contributed by atoms with Crippen LogP contribution in [-0.4, -0.2) is 52.6 Å². The Hall–Kier alpha value is -1.33. The fourth-order valence-corrected chi connectivity index (χ4v) is 3.18. The van der Waals surface area contributed by atoms with E-state index >= 15 is 0 Å². The highest BCUT2D eigenvalue weighted by Crippen LogP contribution is 2.29. The number of alkyl halides is 1. The summed E-state index contributed by atoms with van der Waals surface area (Å²) in [5, 5.41) is 0. The molecule has 5 nitrogen and oxygen atoms in total. The first-order valence-corrected chi connectivity index (χ1v) is 7.92. The number of hydrogen-bond donors (Lipinski definition) is 0. The molecule has 1 aliphatic heterocycles. The molecule has 0 amide bonds. The molecule has 3 rings (SSSR count). The average Bonchev–Trinajstić information content (AvgIpc) is 2.85. The molecule has 0 spiro atoms. The predicted molar refractivity (Wildman–Crippen MR) is 84.3 cm³/mol. The molecule has 0 bridgehead atoms. The molecule has 1 aliphatic rings. The molecule has 0 saturated carbocycles. The summed E-state index contributed by atoms with van der Waals surface area (Å²) >= 11 is 5.95. The maximum Gasteiger partial charge on any atom is 0.215 e. The van der Waals surface area contributed by atoms with Crippen LogP contribution in [0.25, 0.3) is 11.2 Å². The van der Waals surface area contributed by atoms with Gasteiger partial charge in [-0.25, -0.2) is 4.98 Å². The van der Waals surface area contributed by atoms with Gasteiger partial charge in [0.1, 0.15) is 11.3 Å². The van der Waals surface area contributed by atoms with Crippen LogP contribution in [0.4, 0.5) is 0 Å². The van der Waals surface area contributed by atoms with Gasteiger partial charge in [0, 0.05) is 24.4 Å². The SMILES string of the molecule is COc1ccc2nc(CCCl)n(C3CCN(C)CC3)c2n1. The first kappa shape index (κ1) is 14.6. The number of fused-ring (bicyclic) bond motifs is 1. The molecule has 0 unspecified atom stereocenters. The minimum atomic E-state index is 0.448. The lowest BCUT2D eigenvalue weighted by Crippen LogP contribution is -2.32. The molecule has 3 heterocycles. The number of aryl methyl sites for hydroxylation is 1. The molecule has 0 radical (unpaired) electrons. The fourth-order valence-electron chi connectivity index (χ4n) is 3.01. The van der Waals surface area contributed by atoms with Gasteiger partial charge in [0.2, 0.25) is 5.88 Å². The van der Waals surface area contributed by atoms with Crippen molar-refractivity contribution in [2.75, 3.05) is 33.1 Å². The second-order valence-electron chi connectivity index (χ2n) is 5.57. The second-order valence-corrected chi connectivity index (χ2v) is 5.95. The van der Waals surface area contributed by atoms with Crippen LogP contribution in [0.1, 0.15) is 24.7 Å². The van der Waals surface area contributed by atoms with Crippen molar-refractivity contribution >= 4 is 22.8 Å². The van der Waals surface area contributed by atoms with Crippen molar-refractivity contribution in [1.82, 2.24) is 19.4 Å². The highest BCUT2D eigenvalue weighted by molar-refractivity contribution is 6.17. The van der Waals surface area contributed by atoms with Crippen molar-refractivity contribution in [2.24, 2.45) is 0 Å². The number of halogens is 1. The Labute approximate surface area is 129 Å². The zero-order chi connectivity index (χ0) is 14.8. The van der Waals surface area contributed by atoms with E-state index in [0.29, 0.717) is 17.8 Å². The molecular weight excluding hydrogens is 288 g/mol. The highest BCUT2D eigenvalue weighted by atomic mass is 35.5. The molecule has 21 heavy (non-hydrogen) atoms. The van der Waals surface area contributed by atoms with E-state index in [9.17, 15) is 0 Å². The normalized spacial score (nSPS) is 17.5. The van der Waals surface area contributed by atoms with E-state index in [2.05, 4.69) is 21.5 Å². The Morgan fingerprint density at radius 3 is 2.71 bits per heavy atom. The Bertz CT molecular complexity index is 619. The van der Waals surface area contributed by atoms with Crippen LogP contribution in [-0.2, 0) is 6.42 Å². The monoisotopic (exact) mass is 308 g/mol. The quantitative estimate of drug-likeness (QED) is 0.814. The molecular formula is C15H21ClN4O. The molecule has 0 atom stereocenters. The number of likely N-dealkylation sites (tertiary alicyclic amines) is 1. The van der Waals surface area contributed by atoms with Crippen LogP contribution in [0.2, 0.25) is 0 Å². The van der Waals surface area contributed by atoms with Gasteiger partial charge in [0.15, 0.2) is 5.65 Å². The average molecular weight is 309 g/mol. The Morgan fingerprint density at radius 1 is 1.29 bits per heavy atom. The van der Waals surface area contributed by atoms with E-state index in [4.69, 9.17) is 21.3 Å². The first-order chi connectivity index (χ1) is 10.2. The maximum absolute atomic E-state index is 5.95. The number of aromatic nitrogens is 3. The lowest BCUT2D eigenvalue weighted by Gasteiger charge is -2.30. The minimum Gasteiger partial charge on any atom is -0.481 e. The van der Waals surface area contributed by atoms with E-state index in [1.807, 2.05) is 12.1 Å². The molecule has 2 aromatic heterocycles. The smallest absolute Gasteiger partial charge is 0.215 e. The van der Waals surface area contributed by atoms with E-state index in [1.165, 1.54) is 0 Å². The number of nitrogens with zero attached hydrogens (tertiary/aromatic N) is 4. The van der Waals surface area contributed by atoms with Crippen LogP contribution in [0, 0.1) is 0 Å². The Morgan fingerprint density at radius 2 is 2.05 bits per heavy atom. The summed E-state index contributed by atoms with van der Waals surface area (Å²) in [4.78, 5) is 11.7. The third kappa shape index (κ3) is 2.85. The summed E-state index contributed by atoms with van der Waals surface area (Å²) in [6, 6.07) is 4.28. The molecule has 2 aromatic rings. The van der Waals surface area contributed by atoms with Gasteiger partial charge in [-0.1, -0.05) is 0 Å². The predicted octanol–water partition coefficient (Wildman–Crippen LogP) is 2.49. The molecule has 6 heteroatoms. The third-order valence-corrected chi connectivity index (χ3v) is 4.35. The highest BCUT2D eigenvalue weighted by Gasteiger charge is 2.23. The number of methoxy groups -OCH3 is 1. The molecule has 0 aromatic carbocycles. The largest absolute Gasteiger partial charge is 0.481 e. The Kier molecular flexibility index (Phi) is 4.31. The maximum atomic E-state index is 5.95. The molecule has 1 fully saturated rings. The summed E-state index contributed by atoms with van der Waals surface area (Å²) in [5.74, 6) is 2.25. The van der Waals surface area contributed by atoms with Crippen molar-refractivity contribution < 1.29 is 4.74 Å². The van der Waals surface area contributed by atoms with Gasteiger partial charge in [-0.3, -0.25) is 0 Å². The molecule has 114 valence electrons. The standard InChI is InChI=1S/C15H21ClN4O/c1-19-9-6-11(7-10-19)20-13(5-8-16)17-12-3-4-14(21-2)18-15(12)20/h3-4,11H,5-10H2,1-2H3. The van der Waals surface area contributed by atoms with Gasteiger partial charge in [0.25, 0.3) is 0 Å². The zero-order valence-corrected chi connectivity index (χ0v) is 13.3. The number of hydrogen-bond acceptors (Lipinski definition) is 4. The van der Waals surface area contributed by atoms with Gasteiger partial charge in [-0.15, -0.1) is 11.6 Å².